The van der Waals surface area contributed by atoms with Gasteiger partial charge in [-0.25, -0.2) is 8.42 Å². The first kappa shape index (κ1) is 14.4. The number of hydrogen-bond donors (Lipinski definition) is 1. The highest BCUT2D eigenvalue weighted by atomic mass is 32.2. The fraction of sp³-hybridized carbons (Fsp3) is 0.909. The zero-order chi connectivity index (χ0) is 12.9. The van der Waals surface area contributed by atoms with Crippen molar-refractivity contribution in [2.24, 2.45) is 0 Å². The molecule has 1 saturated carbocycles. The largest absolute Gasteiger partial charge is 0.378 e. The second kappa shape index (κ2) is 5.80. The van der Waals surface area contributed by atoms with Crippen LogP contribution >= 0.6 is 0 Å². The minimum absolute atomic E-state index is 0.0154. The molecule has 98 valence electrons. The van der Waals surface area contributed by atoms with Gasteiger partial charge in [-0.3, -0.25) is 0 Å². The smallest absolute Gasteiger partial charge is 0.215 e. The highest BCUT2D eigenvalue weighted by Crippen LogP contribution is 2.29. The summed E-state index contributed by atoms with van der Waals surface area (Å²) in [5, 5.41) is 9.09. The Morgan fingerprint density at radius 2 is 2.00 bits per heavy atom. The first-order chi connectivity index (χ1) is 7.89. The Kier molecular flexibility index (Phi) is 4.92. The van der Waals surface area contributed by atoms with Crippen LogP contribution in [-0.4, -0.2) is 32.4 Å². The fourth-order valence-electron chi connectivity index (χ4n) is 1.96. The highest BCUT2D eigenvalue weighted by molar-refractivity contribution is 7.89. The van der Waals surface area contributed by atoms with Crippen LogP contribution in [0.1, 0.15) is 39.5 Å². The van der Waals surface area contributed by atoms with Crippen LogP contribution < -0.4 is 4.72 Å². The van der Waals surface area contributed by atoms with Gasteiger partial charge in [-0.05, 0) is 26.7 Å². The Morgan fingerprint density at radius 3 is 2.47 bits per heavy atom. The number of nitrogens with zero attached hydrogens (tertiary/aromatic N) is 1. The van der Waals surface area contributed by atoms with E-state index in [-0.39, 0.29) is 18.5 Å². The number of hydrogen-bond acceptors (Lipinski definition) is 4. The summed E-state index contributed by atoms with van der Waals surface area (Å²) in [6.45, 7) is 3.87. The first-order valence-electron chi connectivity index (χ1n) is 5.94. The van der Waals surface area contributed by atoms with E-state index in [2.05, 4.69) is 10.8 Å². The van der Waals surface area contributed by atoms with Gasteiger partial charge in [0.2, 0.25) is 10.0 Å². The van der Waals surface area contributed by atoms with Gasteiger partial charge >= 0.3 is 0 Å². The summed E-state index contributed by atoms with van der Waals surface area (Å²) in [7, 11) is -3.43. The molecule has 0 aromatic heterocycles. The molecule has 1 aliphatic rings. The maximum absolute atomic E-state index is 11.8. The Balaban J connectivity index is 2.51. The number of nitriles is 1. The summed E-state index contributed by atoms with van der Waals surface area (Å²) in [6.07, 6.45) is 3.03. The lowest BCUT2D eigenvalue weighted by atomic mass is 10.0. The molecule has 0 amide bonds. The molecule has 0 aromatic carbocycles. The van der Waals surface area contributed by atoms with E-state index < -0.39 is 15.6 Å². The molecule has 0 aromatic rings. The normalized spacial score (nSPS) is 19.4. The third kappa shape index (κ3) is 4.62. The molecule has 0 aliphatic heterocycles. The molecule has 1 N–H and O–H groups in total. The van der Waals surface area contributed by atoms with E-state index in [1.807, 2.05) is 13.8 Å². The molecular weight excluding hydrogens is 240 g/mol. The van der Waals surface area contributed by atoms with Gasteiger partial charge in [-0.2, -0.15) is 9.98 Å². The van der Waals surface area contributed by atoms with Crippen molar-refractivity contribution in [2.75, 3.05) is 12.4 Å². The summed E-state index contributed by atoms with van der Waals surface area (Å²) in [5.41, 5.74) is -0.878. The molecule has 0 heterocycles. The Hall–Kier alpha value is -0.640. The van der Waals surface area contributed by atoms with Gasteiger partial charge < -0.3 is 4.74 Å². The van der Waals surface area contributed by atoms with Gasteiger partial charge in [0.15, 0.2) is 0 Å². The second-order valence-corrected chi connectivity index (χ2v) is 6.58. The molecule has 0 spiro atoms. The summed E-state index contributed by atoms with van der Waals surface area (Å²) >= 11 is 0. The zero-order valence-corrected chi connectivity index (χ0v) is 11.2. The quantitative estimate of drug-likeness (QED) is 0.777. The van der Waals surface area contributed by atoms with E-state index in [1.165, 1.54) is 0 Å². The zero-order valence-electron chi connectivity index (χ0n) is 10.4. The summed E-state index contributed by atoms with van der Waals surface area (Å²) in [5.74, 6) is -0.0887. The molecular formula is C11H20N2O3S. The monoisotopic (exact) mass is 260 g/mol. The SMILES string of the molecule is CC(C)OCCS(=O)(=O)NC1(C#N)CCCC1. The van der Waals surface area contributed by atoms with E-state index in [0.717, 1.165) is 12.8 Å². The Bertz CT molecular complexity index is 378. The van der Waals surface area contributed by atoms with Crippen molar-refractivity contribution in [3.8, 4) is 6.07 Å². The van der Waals surface area contributed by atoms with Crippen LogP contribution in [-0.2, 0) is 14.8 Å². The number of nitrogens with one attached hydrogen (secondary N) is 1. The molecule has 0 radical (unpaired) electrons. The van der Waals surface area contributed by atoms with Gasteiger partial charge in [0.05, 0.1) is 24.5 Å². The lowest BCUT2D eigenvalue weighted by molar-refractivity contribution is 0.0911. The van der Waals surface area contributed by atoms with Gasteiger partial charge in [0, 0.05) is 0 Å². The molecule has 0 unspecified atom stereocenters. The van der Waals surface area contributed by atoms with Gasteiger partial charge in [0.1, 0.15) is 5.54 Å². The predicted octanol–water partition coefficient (Wildman–Crippen LogP) is 1.17. The predicted molar refractivity (Wildman–Crippen MR) is 64.8 cm³/mol. The van der Waals surface area contributed by atoms with Crippen LogP contribution in [0, 0.1) is 11.3 Å². The molecule has 0 saturated heterocycles. The van der Waals surface area contributed by atoms with Crippen molar-refractivity contribution in [3.63, 3.8) is 0 Å². The molecule has 1 aliphatic carbocycles. The van der Waals surface area contributed by atoms with Crippen LogP contribution in [0.2, 0.25) is 0 Å². The molecule has 1 fully saturated rings. The maximum Gasteiger partial charge on any atom is 0.215 e. The molecule has 17 heavy (non-hydrogen) atoms. The molecule has 1 rings (SSSR count). The fourth-order valence-corrected chi connectivity index (χ4v) is 3.22. The highest BCUT2D eigenvalue weighted by Gasteiger charge is 2.37. The van der Waals surface area contributed by atoms with Gasteiger partial charge in [-0.15, -0.1) is 0 Å². The van der Waals surface area contributed by atoms with Gasteiger partial charge in [0.25, 0.3) is 0 Å². The van der Waals surface area contributed by atoms with E-state index in [4.69, 9.17) is 10.00 Å². The average molecular weight is 260 g/mol. The van der Waals surface area contributed by atoms with Gasteiger partial charge in [-0.1, -0.05) is 12.8 Å². The molecule has 6 heteroatoms. The Labute approximate surface area is 103 Å². The standard InChI is InChI=1S/C11H20N2O3S/c1-10(2)16-7-8-17(14,15)13-11(9-12)5-3-4-6-11/h10,13H,3-8H2,1-2H3. The van der Waals surface area contributed by atoms with Crippen LogP contribution in [0.5, 0.6) is 0 Å². The maximum atomic E-state index is 11.8. The van der Waals surface area contributed by atoms with Crippen molar-refractivity contribution >= 4 is 10.0 Å². The lowest BCUT2D eigenvalue weighted by Gasteiger charge is -2.21. The van der Waals surface area contributed by atoms with E-state index >= 15 is 0 Å². The number of sulfonamides is 1. The Morgan fingerprint density at radius 1 is 1.41 bits per heavy atom. The average Bonchev–Trinajstić information content (AvgIpc) is 2.65. The van der Waals surface area contributed by atoms with E-state index in [0.29, 0.717) is 12.8 Å². The summed E-state index contributed by atoms with van der Waals surface area (Å²) < 4.78 is 31.3. The molecule has 0 bridgehead atoms. The third-order valence-electron chi connectivity index (χ3n) is 2.83. The second-order valence-electron chi connectivity index (χ2n) is 4.74. The van der Waals surface area contributed by atoms with Crippen LogP contribution in [0.25, 0.3) is 0 Å². The number of rotatable bonds is 6. The molecule has 5 nitrogen and oxygen atoms in total. The lowest BCUT2D eigenvalue weighted by Crippen LogP contribution is -2.46. The first-order valence-corrected chi connectivity index (χ1v) is 7.59. The summed E-state index contributed by atoms with van der Waals surface area (Å²) in [6, 6.07) is 2.10. The van der Waals surface area contributed by atoms with Crippen molar-refractivity contribution in [3.05, 3.63) is 0 Å². The van der Waals surface area contributed by atoms with Crippen molar-refractivity contribution in [1.82, 2.24) is 4.72 Å². The van der Waals surface area contributed by atoms with Crippen molar-refractivity contribution in [1.29, 1.82) is 5.26 Å². The van der Waals surface area contributed by atoms with E-state index in [1.54, 1.807) is 0 Å². The summed E-state index contributed by atoms with van der Waals surface area (Å²) in [4.78, 5) is 0. The van der Waals surface area contributed by atoms with Crippen molar-refractivity contribution < 1.29 is 13.2 Å². The van der Waals surface area contributed by atoms with Crippen LogP contribution in [0.4, 0.5) is 0 Å². The van der Waals surface area contributed by atoms with E-state index in [9.17, 15) is 8.42 Å². The minimum atomic E-state index is -3.43. The van der Waals surface area contributed by atoms with Crippen LogP contribution in [0.15, 0.2) is 0 Å². The van der Waals surface area contributed by atoms with Crippen LogP contribution in [0.3, 0.4) is 0 Å². The third-order valence-corrected chi connectivity index (χ3v) is 4.23. The van der Waals surface area contributed by atoms with Crippen molar-refractivity contribution in [2.45, 2.75) is 51.2 Å². The molecule has 0 atom stereocenters. The topological polar surface area (TPSA) is 79.2 Å². The minimum Gasteiger partial charge on any atom is -0.378 e. The number of ether oxygens (including phenoxy) is 1.